The van der Waals surface area contributed by atoms with Gasteiger partial charge in [-0.15, -0.1) is 0 Å². The Morgan fingerprint density at radius 1 is 0.283 bits per heavy atom. The lowest BCUT2D eigenvalue weighted by atomic mass is 9.92. The first-order valence-electron chi connectivity index (χ1n) is 19.9. The van der Waals surface area contributed by atoms with Crippen LogP contribution in [0.15, 0.2) is 217 Å². The average Bonchev–Trinajstić information content (AvgIpc) is 3.32. The molecule has 5 heterocycles. The molecule has 10 aromatic rings. The molecule has 0 atom stereocenters. The van der Waals surface area contributed by atoms with E-state index in [4.69, 9.17) is 9.98 Å². The SMILES string of the molecule is c1ccc(-c2cncc(-c3ccc(C4=Nc5cc6ccccc6cc5C(c5ccc(-c6cncc(-c7ccccn7)c6)cc5)=Nc5cc6ccccc6cc54)cc3)c2)nc1. The summed E-state index contributed by atoms with van der Waals surface area (Å²) in [7, 11) is 0. The quantitative estimate of drug-likeness (QED) is 0.169. The van der Waals surface area contributed by atoms with Gasteiger partial charge < -0.3 is 0 Å². The van der Waals surface area contributed by atoms with Crippen LogP contribution in [0.4, 0.5) is 11.4 Å². The predicted octanol–water partition coefficient (Wildman–Crippen LogP) is 12.9. The number of fused-ring (bicyclic) bond motifs is 4. The minimum absolute atomic E-state index is 0.855. The number of hydrogen-bond donors (Lipinski definition) is 0. The van der Waals surface area contributed by atoms with Crippen molar-refractivity contribution in [1.29, 1.82) is 0 Å². The number of rotatable bonds is 6. The molecule has 1 aliphatic rings. The van der Waals surface area contributed by atoms with E-state index >= 15 is 0 Å². The number of aromatic nitrogens is 4. The summed E-state index contributed by atoms with van der Waals surface area (Å²) in [4.78, 5) is 29.4. The molecule has 0 fully saturated rings. The van der Waals surface area contributed by atoms with Crippen molar-refractivity contribution in [3.63, 3.8) is 0 Å². The fourth-order valence-corrected chi connectivity index (χ4v) is 8.01. The molecule has 0 bridgehead atoms. The largest absolute Gasteiger partial charge is 0.263 e. The molecule has 0 unspecified atom stereocenters. The number of benzene rings is 6. The van der Waals surface area contributed by atoms with Gasteiger partial charge in [-0.3, -0.25) is 19.9 Å². The molecule has 0 saturated carbocycles. The fraction of sp³-hybridized carbons (Fsp3) is 0. The summed E-state index contributed by atoms with van der Waals surface area (Å²) in [6.45, 7) is 0. The zero-order chi connectivity index (χ0) is 39.8. The van der Waals surface area contributed by atoms with E-state index in [-0.39, 0.29) is 0 Å². The topological polar surface area (TPSA) is 76.3 Å². The highest BCUT2D eigenvalue weighted by Gasteiger charge is 2.22. The molecular weight excluding hydrogens is 733 g/mol. The van der Waals surface area contributed by atoms with Crippen molar-refractivity contribution in [1.82, 2.24) is 19.9 Å². The van der Waals surface area contributed by atoms with Gasteiger partial charge in [-0.1, -0.05) is 109 Å². The van der Waals surface area contributed by atoms with Crippen molar-refractivity contribution in [3.05, 3.63) is 229 Å². The average molecular weight is 767 g/mol. The molecule has 6 nitrogen and oxygen atoms in total. The molecule has 60 heavy (non-hydrogen) atoms. The number of hydrogen-bond acceptors (Lipinski definition) is 6. The summed E-state index contributed by atoms with van der Waals surface area (Å²) in [6.07, 6.45) is 11.1. The molecule has 6 heteroatoms. The van der Waals surface area contributed by atoms with Crippen LogP contribution in [0.1, 0.15) is 22.3 Å². The normalized spacial score (nSPS) is 12.2. The Labute approximate surface area is 347 Å². The first-order valence-corrected chi connectivity index (χ1v) is 19.9. The van der Waals surface area contributed by atoms with Gasteiger partial charge in [0.05, 0.1) is 34.2 Å². The first kappa shape index (κ1) is 35.0. The lowest BCUT2D eigenvalue weighted by Gasteiger charge is -2.20. The van der Waals surface area contributed by atoms with Crippen LogP contribution in [0.25, 0.3) is 66.3 Å². The lowest BCUT2D eigenvalue weighted by Crippen LogP contribution is -2.10. The highest BCUT2D eigenvalue weighted by molar-refractivity contribution is 6.24. The second-order valence-electron chi connectivity index (χ2n) is 14.9. The fourth-order valence-electron chi connectivity index (χ4n) is 8.01. The van der Waals surface area contributed by atoms with Crippen LogP contribution in [-0.2, 0) is 0 Å². The van der Waals surface area contributed by atoms with E-state index < -0.39 is 0 Å². The van der Waals surface area contributed by atoms with E-state index in [1.165, 1.54) is 0 Å². The van der Waals surface area contributed by atoms with Crippen LogP contribution in [-0.4, -0.2) is 31.4 Å². The van der Waals surface area contributed by atoms with Gasteiger partial charge in [-0.05, 0) is 93.3 Å². The highest BCUT2D eigenvalue weighted by atomic mass is 14.8. The maximum Gasteiger partial charge on any atom is 0.0803 e. The number of nitrogens with zero attached hydrogens (tertiary/aromatic N) is 6. The van der Waals surface area contributed by atoms with Crippen LogP contribution >= 0.6 is 0 Å². The highest BCUT2D eigenvalue weighted by Crippen LogP contribution is 2.38. The third-order valence-electron chi connectivity index (χ3n) is 11.1. The van der Waals surface area contributed by atoms with Gasteiger partial charge in [-0.2, -0.15) is 0 Å². The maximum absolute atomic E-state index is 5.60. The van der Waals surface area contributed by atoms with E-state index in [9.17, 15) is 0 Å². The van der Waals surface area contributed by atoms with Gasteiger partial charge in [0.2, 0.25) is 0 Å². The zero-order valence-electron chi connectivity index (χ0n) is 32.3. The predicted molar refractivity (Wildman–Crippen MR) is 244 cm³/mol. The van der Waals surface area contributed by atoms with Crippen LogP contribution in [0.2, 0.25) is 0 Å². The summed E-state index contributed by atoms with van der Waals surface area (Å²) in [5, 5.41) is 4.48. The van der Waals surface area contributed by atoms with E-state index in [1.54, 1.807) is 12.4 Å². The van der Waals surface area contributed by atoms with Gasteiger partial charge in [0.15, 0.2) is 0 Å². The lowest BCUT2D eigenvalue weighted by molar-refractivity contribution is 1.28. The maximum atomic E-state index is 5.60. The van der Waals surface area contributed by atoms with Crippen molar-refractivity contribution in [2.75, 3.05) is 0 Å². The Morgan fingerprint density at radius 2 is 0.650 bits per heavy atom. The molecule has 0 N–H and O–H groups in total. The van der Waals surface area contributed by atoms with Crippen molar-refractivity contribution in [2.24, 2.45) is 9.98 Å². The number of pyridine rings is 4. The van der Waals surface area contributed by atoms with Crippen molar-refractivity contribution in [2.45, 2.75) is 0 Å². The smallest absolute Gasteiger partial charge is 0.0803 e. The first-order chi connectivity index (χ1) is 29.7. The summed E-state index contributed by atoms with van der Waals surface area (Å²) < 4.78 is 0. The summed E-state index contributed by atoms with van der Waals surface area (Å²) in [5.74, 6) is 0. The Morgan fingerprint density at radius 3 is 1.05 bits per heavy atom. The third kappa shape index (κ3) is 6.62. The van der Waals surface area contributed by atoms with Crippen LogP contribution < -0.4 is 0 Å². The van der Waals surface area contributed by atoms with Crippen molar-refractivity contribution < 1.29 is 0 Å². The van der Waals surface area contributed by atoms with Gasteiger partial charge in [-0.25, -0.2) is 9.98 Å². The van der Waals surface area contributed by atoms with Gasteiger partial charge in [0.25, 0.3) is 0 Å². The second kappa shape index (κ2) is 14.9. The van der Waals surface area contributed by atoms with Crippen LogP contribution in [0, 0.1) is 0 Å². The minimum Gasteiger partial charge on any atom is -0.263 e. The van der Waals surface area contributed by atoms with Crippen molar-refractivity contribution in [3.8, 4) is 44.8 Å². The molecule has 0 amide bonds. The van der Waals surface area contributed by atoms with Gasteiger partial charge >= 0.3 is 0 Å². The van der Waals surface area contributed by atoms with E-state index in [0.717, 1.165) is 111 Å². The van der Waals surface area contributed by atoms with Crippen molar-refractivity contribution >= 4 is 44.3 Å². The molecule has 0 saturated heterocycles. The Bertz CT molecular complexity index is 3060. The standard InChI is InChI=1S/C54H34N6/c1-3-11-41-29-51-47(27-39(41)9-1)53(37-19-15-35(16-20-37)43-25-45(33-55-31-43)49-13-5-7-23-57-49)60-52-30-42-12-4-2-10-40(42)28-48(52)54(59-51)38-21-17-36(18-22-38)44-26-46(34-56-32-44)50-14-6-8-24-58-50/h1-34H. The molecule has 11 rings (SSSR count). The summed E-state index contributed by atoms with van der Waals surface area (Å²) in [5.41, 5.74) is 15.2. The van der Waals surface area contributed by atoms with Crippen LogP contribution in [0.5, 0.6) is 0 Å². The van der Waals surface area contributed by atoms with E-state index in [2.05, 4.69) is 153 Å². The second-order valence-corrected chi connectivity index (χ2v) is 14.9. The van der Waals surface area contributed by atoms with E-state index in [1.807, 2.05) is 61.2 Å². The number of aliphatic imine (C=N–C) groups is 2. The summed E-state index contributed by atoms with van der Waals surface area (Å²) in [6, 6.07) is 59.1. The molecule has 0 aliphatic carbocycles. The Hall–Kier alpha value is -8.22. The molecule has 280 valence electrons. The molecule has 6 aromatic carbocycles. The monoisotopic (exact) mass is 766 g/mol. The van der Waals surface area contributed by atoms with E-state index in [0.29, 0.717) is 0 Å². The Balaban J connectivity index is 1.05. The van der Waals surface area contributed by atoms with Gasteiger partial charge in [0.1, 0.15) is 0 Å². The van der Waals surface area contributed by atoms with Gasteiger partial charge in [0, 0.05) is 81.7 Å². The summed E-state index contributed by atoms with van der Waals surface area (Å²) >= 11 is 0. The minimum atomic E-state index is 0.855. The molecule has 4 aromatic heterocycles. The molecular formula is C54H34N6. The molecule has 0 radical (unpaired) electrons. The van der Waals surface area contributed by atoms with Crippen LogP contribution in [0.3, 0.4) is 0 Å². The molecule has 1 aliphatic heterocycles. The third-order valence-corrected chi connectivity index (χ3v) is 11.1. The Kier molecular flexibility index (Phi) is 8.71. The zero-order valence-corrected chi connectivity index (χ0v) is 32.3. The molecule has 0 spiro atoms.